The highest BCUT2D eigenvalue weighted by molar-refractivity contribution is 6.00. The molecule has 0 radical (unpaired) electrons. The molecule has 0 fully saturated rings. The summed E-state index contributed by atoms with van der Waals surface area (Å²) >= 11 is 0. The number of amides is 1. The lowest BCUT2D eigenvalue weighted by Gasteiger charge is -2.41. The minimum atomic E-state index is -0.357. The smallest absolute Gasteiger partial charge is 0.224 e. The van der Waals surface area contributed by atoms with E-state index in [-0.39, 0.29) is 11.4 Å². The van der Waals surface area contributed by atoms with Gasteiger partial charge in [0.15, 0.2) is 0 Å². The van der Waals surface area contributed by atoms with Crippen LogP contribution in [0.5, 0.6) is 5.75 Å². The number of fused-ring (bicyclic) bond motifs is 1. The van der Waals surface area contributed by atoms with Crippen LogP contribution >= 0.6 is 0 Å². The highest BCUT2D eigenvalue weighted by Crippen LogP contribution is 2.42. The first-order valence-corrected chi connectivity index (χ1v) is 6.26. The number of hydrogen-bond acceptors (Lipinski definition) is 3. The van der Waals surface area contributed by atoms with E-state index < -0.39 is 0 Å². The molecule has 19 heavy (non-hydrogen) atoms. The molecule has 1 aliphatic heterocycles. The summed E-state index contributed by atoms with van der Waals surface area (Å²) in [4.78, 5) is 13.8. The number of allylic oxidation sites excluding steroid dienone is 1. The lowest BCUT2D eigenvalue weighted by atomic mass is 9.88. The molecule has 1 aliphatic rings. The number of rotatable bonds is 1. The molecule has 4 heteroatoms. The number of methoxy groups -OCH3 is 1. The molecule has 0 bridgehead atoms. The summed E-state index contributed by atoms with van der Waals surface area (Å²) in [6.07, 6.45) is 2.09. The zero-order valence-corrected chi connectivity index (χ0v) is 12.1. The Morgan fingerprint density at radius 2 is 2.00 bits per heavy atom. The lowest BCUT2D eigenvalue weighted by molar-refractivity contribution is -0.117. The van der Waals surface area contributed by atoms with Crippen LogP contribution in [0.15, 0.2) is 18.2 Å². The molecule has 0 aromatic heterocycles. The van der Waals surface area contributed by atoms with Gasteiger partial charge in [-0.25, -0.2) is 0 Å². The van der Waals surface area contributed by atoms with E-state index in [4.69, 9.17) is 10.5 Å². The normalized spacial score (nSPS) is 16.7. The standard InChI is InChI=1S/C15H20N2O2/c1-9-8-15(3,4)17(10(2)18)13-7-14(19-5)12(16)6-11(9)13/h6-8H,16H2,1-5H3. The van der Waals surface area contributed by atoms with Gasteiger partial charge in [0, 0.05) is 18.6 Å². The van der Waals surface area contributed by atoms with E-state index in [1.165, 1.54) is 0 Å². The monoisotopic (exact) mass is 260 g/mol. The van der Waals surface area contributed by atoms with Gasteiger partial charge in [-0.15, -0.1) is 0 Å². The van der Waals surface area contributed by atoms with Crippen molar-refractivity contribution in [1.82, 2.24) is 0 Å². The average Bonchev–Trinajstić information content (AvgIpc) is 2.27. The van der Waals surface area contributed by atoms with Gasteiger partial charge in [-0.1, -0.05) is 6.08 Å². The third-order valence-corrected chi connectivity index (χ3v) is 3.47. The lowest BCUT2D eigenvalue weighted by Crippen LogP contribution is -2.47. The van der Waals surface area contributed by atoms with Crippen molar-refractivity contribution in [2.45, 2.75) is 33.2 Å². The summed E-state index contributed by atoms with van der Waals surface area (Å²) in [7, 11) is 1.58. The van der Waals surface area contributed by atoms with Crippen LogP contribution in [0.2, 0.25) is 0 Å². The van der Waals surface area contributed by atoms with Crippen LogP contribution in [-0.2, 0) is 4.79 Å². The number of carbonyl (C=O) groups excluding carboxylic acids is 1. The highest BCUT2D eigenvalue weighted by Gasteiger charge is 2.34. The van der Waals surface area contributed by atoms with Gasteiger partial charge < -0.3 is 15.4 Å². The summed E-state index contributed by atoms with van der Waals surface area (Å²) < 4.78 is 5.26. The van der Waals surface area contributed by atoms with Gasteiger partial charge in [0.2, 0.25) is 5.91 Å². The summed E-state index contributed by atoms with van der Waals surface area (Å²) in [5.74, 6) is 0.595. The molecule has 1 heterocycles. The van der Waals surface area contributed by atoms with Crippen LogP contribution in [0.3, 0.4) is 0 Å². The average molecular weight is 260 g/mol. The molecule has 4 nitrogen and oxygen atoms in total. The van der Waals surface area contributed by atoms with Crippen molar-refractivity contribution in [2.75, 3.05) is 17.7 Å². The Hall–Kier alpha value is -1.97. The van der Waals surface area contributed by atoms with E-state index in [1.807, 2.05) is 32.9 Å². The maximum Gasteiger partial charge on any atom is 0.224 e. The third-order valence-electron chi connectivity index (χ3n) is 3.47. The minimum Gasteiger partial charge on any atom is -0.495 e. The Labute approximate surface area is 113 Å². The summed E-state index contributed by atoms with van der Waals surface area (Å²) in [5.41, 5.74) is 9.12. The van der Waals surface area contributed by atoms with Crippen LogP contribution in [-0.4, -0.2) is 18.6 Å². The van der Waals surface area contributed by atoms with Crippen LogP contribution in [0.25, 0.3) is 5.57 Å². The molecule has 0 atom stereocenters. The van der Waals surface area contributed by atoms with Crippen LogP contribution in [0, 0.1) is 0 Å². The number of nitrogens with zero attached hydrogens (tertiary/aromatic N) is 1. The van der Waals surface area contributed by atoms with Crippen molar-refractivity contribution in [1.29, 1.82) is 0 Å². The predicted molar refractivity (Wildman–Crippen MR) is 78.3 cm³/mol. The van der Waals surface area contributed by atoms with Crippen LogP contribution in [0.4, 0.5) is 11.4 Å². The Bertz CT molecular complexity index is 574. The number of ether oxygens (including phenoxy) is 1. The van der Waals surface area contributed by atoms with E-state index in [1.54, 1.807) is 18.9 Å². The molecule has 0 unspecified atom stereocenters. The van der Waals surface area contributed by atoms with Crippen molar-refractivity contribution in [3.05, 3.63) is 23.8 Å². The number of hydrogen-bond donors (Lipinski definition) is 1. The van der Waals surface area contributed by atoms with Crippen molar-refractivity contribution in [3.63, 3.8) is 0 Å². The number of benzene rings is 1. The molecule has 1 amide bonds. The number of anilines is 2. The van der Waals surface area contributed by atoms with E-state index >= 15 is 0 Å². The summed E-state index contributed by atoms with van der Waals surface area (Å²) in [6.45, 7) is 7.64. The first-order chi connectivity index (χ1) is 8.77. The number of carbonyl (C=O) groups is 1. The van der Waals surface area contributed by atoms with Gasteiger partial charge >= 0.3 is 0 Å². The van der Waals surface area contributed by atoms with Gasteiger partial charge in [0.05, 0.1) is 24.0 Å². The molecule has 102 valence electrons. The molecular formula is C15H20N2O2. The Kier molecular flexibility index (Phi) is 3.04. The van der Waals surface area contributed by atoms with Gasteiger partial charge in [-0.05, 0) is 32.4 Å². The molecule has 2 N–H and O–H groups in total. The molecule has 1 aromatic carbocycles. The number of nitrogens with two attached hydrogens (primary N) is 1. The second-order valence-corrected chi connectivity index (χ2v) is 5.45. The minimum absolute atomic E-state index is 0.00169. The second kappa shape index (κ2) is 4.30. The van der Waals surface area contributed by atoms with Gasteiger partial charge in [0.1, 0.15) is 5.75 Å². The SMILES string of the molecule is COc1cc2c(cc1N)C(C)=CC(C)(C)N2C(C)=O. The van der Waals surface area contributed by atoms with Gasteiger partial charge in [0.25, 0.3) is 0 Å². The second-order valence-electron chi connectivity index (χ2n) is 5.45. The van der Waals surface area contributed by atoms with Crippen LogP contribution < -0.4 is 15.4 Å². The van der Waals surface area contributed by atoms with Crippen LogP contribution in [0.1, 0.15) is 33.3 Å². The first-order valence-electron chi connectivity index (χ1n) is 6.26. The fourth-order valence-electron chi connectivity index (χ4n) is 2.82. The molecular weight excluding hydrogens is 240 g/mol. The molecule has 1 aromatic rings. The molecule has 0 spiro atoms. The topological polar surface area (TPSA) is 55.6 Å². The molecule has 2 rings (SSSR count). The Morgan fingerprint density at radius 1 is 1.37 bits per heavy atom. The zero-order chi connectivity index (χ0) is 14.4. The van der Waals surface area contributed by atoms with E-state index in [0.29, 0.717) is 11.4 Å². The predicted octanol–water partition coefficient (Wildman–Crippen LogP) is 2.83. The fraction of sp³-hybridized carbons (Fsp3) is 0.400. The van der Waals surface area contributed by atoms with E-state index in [0.717, 1.165) is 16.8 Å². The number of nitrogen functional groups attached to an aromatic ring is 1. The first kappa shape index (κ1) is 13.5. The molecule has 0 saturated heterocycles. The fourth-order valence-corrected chi connectivity index (χ4v) is 2.82. The van der Waals surface area contributed by atoms with E-state index in [9.17, 15) is 4.79 Å². The van der Waals surface area contributed by atoms with Crippen molar-refractivity contribution >= 4 is 22.9 Å². The Morgan fingerprint density at radius 3 is 2.53 bits per heavy atom. The third kappa shape index (κ3) is 2.07. The largest absolute Gasteiger partial charge is 0.495 e. The van der Waals surface area contributed by atoms with Crippen molar-refractivity contribution < 1.29 is 9.53 Å². The highest BCUT2D eigenvalue weighted by atomic mass is 16.5. The molecule has 0 saturated carbocycles. The van der Waals surface area contributed by atoms with Gasteiger partial charge in [-0.3, -0.25) is 4.79 Å². The maximum absolute atomic E-state index is 12.0. The Balaban J connectivity index is 2.73. The zero-order valence-electron chi connectivity index (χ0n) is 12.1. The molecule has 0 aliphatic carbocycles. The van der Waals surface area contributed by atoms with Gasteiger partial charge in [-0.2, -0.15) is 0 Å². The van der Waals surface area contributed by atoms with Crippen molar-refractivity contribution in [3.8, 4) is 5.75 Å². The maximum atomic E-state index is 12.0. The summed E-state index contributed by atoms with van der Waals surface area (Å²) in [5, 5.41) is 0. The van der Waals surface area contributed by atoms with Crippen molar-refractivity contribution in [2.24, 2.45) is 0 Å². The summed E-state index contributed by atoms with van der Waals surface area (Å²) in [6, 6.07) is 3.70. The van der Waals surface area contributed by atoms with E-state index in [2.05, 4.69) is 6.08 Å². The quantitative estimate of drug-likeness (QED) is 0.790.